The van der Waals surface area contributed by atoms with E-state index in [1.807, 2.05) is 49.4 Å². The summed E-state index contributed by atoms with van der Waals surface area (Å²) < 4.78 is 5.50. The summed E-state index contributed by atoms with van der Waals surface area (Å²) in [5.41, 5.74) is 1.87. The summed E-state index contributed by atoms with van der Waals surface area (Å²) in [5.74, 6) is -0.717. The van der Waals surface area contributed by atoms with Gasteiger partial charge in [0.15, 0.2) is 0 Å². The van der Waals surface area contributed by atoms with Crippen LogP contribution < -0.4 is 10.6 Å². The number of amides is 3. The molecule has 1 fully saturated rings. The fraction of sp³-hybridized carbons (Fsp3) is 0.364. The first-order valence-electron chi connectivity index (χ1n) is 14.1. The van der Waals surface area contributed by atoms with Crippen LogP contribution in [0.25, 0.3) is 0 Å². The number of carbonyl (C=O) groups is 3. The molecule has 222 valence electrons. The molecule has 3 amide bonds. The number of ether oxygens (including phenoxy) is 1. The van der Waals surface area contributed by atoms with E-state index in [-0.39, 0.29) is 18.2 Å². The van der Waals surface area contributed by atoms with Gasteiger partial charge in [0.25, 0.3) is 5.91 Å². The van der Waals surface area contributed by atoms with Gasteiger partial charge in [-0.25, -0.2) is 4.79 Å². The molecule has 2 atom stereocenters. The zero-order valence-corrected chi connectivity index (χ0v) is 25.1. The van der Waals surface area contributed by atoms with E-state index in [1.54, 1.807) is 43.9 Å². The number of hydrogen-bond donors (Lipinski definition) is 3. The molecule has 3 N–H and O–H groups in total. The predicted molar refractivity (Wildman–Crippen MR) is 163 cm³/mol. The second-order valence-corrected chi connectivity index (χ2v) is 12.0. The highest BCUT2D eigenvalue weighted by molar-refractivity contribution is 6.34. The Morgan fingerprint density at radius 3 is 2.24 bits per heavy atom. The molecule has 0 radical (unpaired) electrons. The number of nitrogens with one attached hydrogen (secondary N) is 2. The van der Waals surface area contributed by atoms with Gasteiger partial charge >= 0.3 is 6.09 Å². The quantitative estimate of drug-likeness (QED) is 0.261. The molecule has 0 bridgehead atoms. The van der Waals surface area contributed by atoms with Crippen molar-refractivity contribution in [2.24, 2.45) is 0 Å². The Morgan fingerprint density at radius 1 is 1.00 bits per heavy atom. The van der Waals surface area contributed by atoms with Crippen LogP contribution in [0, 0.1) is 6.92 Å². The van der Waals surface area contributed by atoms with Crippen LogP contribution in [-0.2, 0) is 20.7 Å². The van der Waals surface area contributed by atoms with Crippen LogP contribution in [0.15, 0.2) is 72.8 Å². The number of alkyl carbamates (subject to hydrolysis) is 1. The molecule has 1 aliphatic rings. The molecular formula is C33H38ClN3O5. The number of phenols is 1. The second kappa shape index (κ2) is 13.3. The molecular weight excluding hydrogens is 554 g/mol. The summed E-state index contributed by atoms with van der Waals surface area (Å²) in [6, 6.07) is 18.7. The van der Waals surface area contributed by atoms with Gasteiger partial charge in [0, 0.05) is 12.5 Å². The Balaban J connectivity index is 1.74. The number of carbonyl (C=O) groups excluding carboxylic acids is 3. The van der Waals surface area contributed by atoms with Crippen molar-refractivity contribution in [2.75, 3.05) is 5.32 Å². The van der Waals surface area contributed by atoms with Crippen molar-refractivity contribution in [2.45, 2.75) is 77.1 Å². The topological polar surface area (TPSA) is 108 Å². The number of halogens is 1. The van der Waals surface area contributed by atoms with E-state index in [0.29, 0.717) is 16.3 Å². The van der Waals surface area contributed by atoms with E-state index in [2.05, 4.69) is 10.6 Å². The van der Waals surface area contributed by atoms with Gasteiger partial charge in [-0.05, 0) is 81.8 Å². The number of para-hydroxylation sites is 1. The summed E-state index contributed by atoms with van der Waals surface area (Å²) in [6.45, 7) is 7.09. The number of aryl methyl sites for hydroxylation is 1. The minimum absolute atomic E-state index is 0.0912. The third-order valence-corrected chi connectivity index (χ3v) is 7.51. The molecule has 3 aromatic rings. The molecule has 0 aromatic heterocycles. The van der Waals surface area contributed by atoms with Crippen molar-refractivity contribution in [1.82, 2.24) is 10.2 Å². The number of phenolic OH excluding ortho intramolecular Hbond substituents is 1. The molecule has 3 aromatic carbocycles. The number of benzene rings is 3. The van der Waals surface area contributed by atoms with Crippen molar-refractivity contribution in [1.29, 1.82) is 0 Å². The van der Waals surface area contributed by atoms with Crippen molar-refractivity contribution in [3.05, 3.63) is 94.5 Å². The molecule has 9 heteroatoms. The number of nitrogens with zero attached hydrogens (tertiary/aromatic N) is 1. The van der Waals surface area contributed by atoms with Gasteiger partial charge in [0.05, 0.1) is 10.7 Å². The molecule has 0 saturated heterocycles. The molecule has 4 rings (SSSR count). The number of hydrogen-bond acceptors (Lipinski definition) is 5. The molecule has 42 heavy (non-hydrogen) atoms. The first-order chi connectivity index (χ1) is 19.9. The lowest BCUT2D eigenvalue weighted by atomic mass is 9.87. The van der Waals surface area contributed by atoms with Gasteiger partial charge in [-0.1, -0.05) is 66.2 Å². The standard InChI is InChI=1S/C33H38ClN3O5/c1-21-10-8-15-26(34)28(21)36-30(39)29(23-11-6-5-7-12-23)37(24-13-9-14-24)31(40)27(35-32(41)42-33(2,3)4)20-22-16-18-25(38)19-17-22/h5-8,10-12,15-19,24,27,29,38H,9,13-14,20H2,1-4H3,(H,35,41)(H,36,39). The molecule has 2 unspecified atom stereocenters. The predicted octanol–water partition coefficient (Wildman–Crippen LogP) is 6.55. The normalized spacial score (nSPS) is 14.7. The van der Waals surface area contributed by atoms with E-state index >= 15 is 0 Å². The summed E-state index contributed by atoms with van der Waals surface area (Å²) >= 11 is 6.45. The van der Waals surface area contributed by atoms with Crippen LogP contribution >= 0.6 is 11.6 Å². The Labute approximate surface area is 252 Å². The molecule has 0 heterocycles. The maximum absolute atomic E-state index is 14.6. The van der Waals surface area contributed by atoms with Crippen LogP contribution in [-0.4, -0.2) is 45.6 Å². The van der Waals surface area contributed by atoms with E-state index < -0.39 is 35.6 Å². The first kappa shape index (κ1) is 30.9. The Kier molecular flexibility index (Phi) is 9.78. The third-order valence-electron chi connectivity index (χ3n) is 7.20. The van der Waals surface area contributed by atoms with E-state index in [9.17, 15) is 19.5 Å². The number of aromatic hydroxyl groups is 1. The van der Waals surface area contributed by atoms with Crippen molar-refractivity contribution >= 4 is 35.2 Å². The number of rotatable bonds is 9. The van der Waals surface area contributed by atoms with Crippen LogP contribution in [0.3, 0.4) is 0 Å². The monoisotopic (exact) mass is 591 g/mol. The Bertz CT molecular complexity index is 1380. The highest BCUT2D eigenvalue weighted by Crippen LogP contribution is 2.35. The lowest BCUT2D eigenvalue weighted by Gasteiger charge is -2.43. The van der Waals surface area contributed by atoms with Gasteiger partial charge < -0.3 is 25.4 Å². The van der Waals surface area contributed by atoms with Crippen molar-refractivity contribution in [3.8, 4) is 5.75 Å². The molecule has 8 nitrogen and oxygen atoms in total. The highest BCUT2D eigenvalue weighted by atomic mass is 35.5. The van der Waals surface area contributed by atoms with Crippen LogP contribution in [0.1, 0.15) is 62.8 Å². The average Bonchev–Trinajstić information content (AvgIpc) is 2.89. The summed E-state index contributed by atoms with van der Waals surface area (Å²) in [7, 11) is 0. The fourth-order valence-corrected chi connectivity index (χ4v) is 5.20. The van der Waals surface area contributed by atoms with Crippen molar-refractivity contribution in [3.63, 3.8) is 0 Å². The fourth-order valence-electron chi connectivity index (χ4n) is 4.94. The maximum Gasteiger partial charge on any atom is 0.408 e. The molecule has 1 aliphatic carbocycles. The third kappa shape index (κ3) is 7.82. The van der Waals surface area contributed by atoms with Gasteiger partial charge in [0.1, 0.15) is 23.4 Å². The second-order valence-electron chi connectivity index (χ2n) is 11.6. The van der Waals surface area contributed by atoms with Gasteiger partial charge in [-0.2, -0.15) is 0 Å². The van der Waals surface area contributed by atoms with Gasteiger partial charge in [0.2, 0.25) is 5.91 Å². The zero-order valence-electron chi connectivity index (χ0n) is 24.4. The zero-order chi connectivity index (χ0) is 30.4. The summed E-state index contributed by atoms with van der Waals surface area (Å²) in [6.07, 6.45) is 1.77. The lowest BCUT2D eigenvalue weighted by Crippen LogP contribution is -2.57. The highest BCUT2D eigenvalue weighted by Gasteiger charge is 2.42. The van der Waals surface area contributed by atoms with Crippen LogP contribution in [0.5, 0.6) is 5.75 Å². The van der Waals surface area contributed by atoms with E-state index in [1.165, 1.54) is 12.1 Å². The largest absolute Gasteiger partial charge is 0.508 e. The average molecular weight is 592 g/mol. The van der Waals surface area contributed by atoms with Crippen LogP contribution in [0.2, 0.25) is 5.02 Å². The van der Waals surface area contributed by atoms with Crippen LogP contribution in [0.4, 0.5) is 10.5 Å². The minimum Gasteiger partial charge on any atom is -0.508 e. The van der Waals surface area contributed by atoms with E-state index in [0.717, 1.165) is 30.4 Å². The Hall–Kier alpha value is -4.04. The van der Waals surface area contributed by atoms with E-state index in [4.69, 9.17) is 16.3 Å². The lowest BCUT2D eigenvalue weighted by molar-refractivity contribution is -0.145. The maximum atomic E-state index is 14.6. The SMILES string of the molecule is Cc1cccc(Cl)c1NC(=O)C(c1ccccc1)N(C(=O)C(Cc1ccc(O)cc1)NC(=O)OC(C)(C)C)C1CCC1. The molecule has 0 spiro atoms. The summed E-state index contributed by atoms with van der Waals surface area (Å²) in [4.78, 5) is 43.2. The smallest absolute Gasteiger partial charge is 0.408 e. The minimum atomic E-state index is -1.04. The number of anilines is 1. The molecule has 1 saturated carbocycles. The van der Waals surface area contributed by atoms with Crippen molar-refractivity contribution < 1.29 is 24.2 Å². The Morgan fingerprint density at radius 2 is 1.67 bits per heavy atom. The van der Waals surface area contributed by atoms with Gasteiger partial charge in [-0.3, -0.25) is 9.59 Å². The molecule has 0 aliphatic heterocycles. The van der Waals surface area contributed by atoms with Gasteiger partial charge in [-0.15, -0.1) is 0 Å². The summed E-state index contributed by atoms with van der Waals surface area (Å²) in [5, 5.41) is 15.9. The first-order valence-corrected chi connectivity index (χ1v) is 14.5.